The van der Waals surface area contributed by atoms with Crippen LogP contribution in [-0.4, -0.2) is 148 Å². The van der Waals surface area contributed by atoms with Crippen LogP contribution in [0.5, 0.6) is 0 Å². The lowest BCUT2D eigenvalue weighted by molar-refractivity contribution is -0.317. The molecule has 3 aliphatic rings. The van der Waals surface area contributed by atoms with Gasteiger partial charge in [-0.3, -0.25) is 9.59 Å². The first-order valence-corrected chi connectivity index (χ1v) is 18.4. The number of esters is 1. The molecule has 0 aromatic carbocycles. The summed E-state index contributed by atoms with van der Waals surface area (Å²) in [6.07, 6.45) is -7.91. The van der Waals surface area contributed by atoms with E-state index in [9.17, 15) is 30.0 Å². The molecule has 15 nitrogen and oxygen atoms in total. The number of ketones is 1. The highest BCUT2D eigenvalue weighted by atomic mass is 16.7. The van der Waals surface area contributed by atoms with Crippen molar-refractivity contribution in [1.29, 1.82) is 0 Å². The van der Waals surface area contributed by atoms with Gasteiger partial charge in [0.05, 0.1) is 47.6 Å². The average molecular weight is 754 g/mol. The number of carbonyl (C=O) groups is 2. The number of rotatable bonds is 7. The van der Waals surface area contributed by atoms with E-state index in [-0.39, 0.29) is 41.7 Å². The topological polar surface area (TPSA) is 237 Å². The maximum absolute atomic E-state index is 14.0. The summed E-state index contributed by atoms with van der Waals surface area (Å²) in [6.45, 7) is 17.4. The second kappa shape index (κ2) is 19.5. The number of ether oxygens (including phenoxy) is 6. The van der Waals surface area contributed by atoms with Crippen LogP contribution in [0.3, 0.4) is 0 Å². The van der Waals surface area contributed by atoms with E-state index in [1.165, 1.54) is 7.11 Å². The summed E-state index contributed by atoms with van der Waals surface area (Å²) in [5.41, 5.74) is -2.73. The largest absolute Gasteiger partial charge is 0.462 e. The molecule has 3 rings (SSSR count). The molecule has 0 amide bonds. The molecular weight excluding hydrogens is 682 g/mol. The zero-order valence-corrected chi connectivity index (χ0v) is 33.6. The van der Waals surface area contributed by atoms with E-state index in [0.29, 0.717) is 12.8 Å². The molecule has 0 aromatic rings. The van der Waals surface area contributed by atoms with Crippen LogP contribution in [0, 0.1) is 29.6 Å². The van der Waals surface area contributed by atoms with E-state index in [2.05, 4.69) is 0 Å². The summed E-state index contributed by atoms with van der Waals surface area (Å²) in [4.78, 5) is 29.7. The fraction of sp³-hybridized carbons (Fsp3) is 0.946. The van der Waals surface area contributed by atoms with Gasteiger partial charge < -0.3 is 64.7 Å². The van der Waals surface area contributed by atoms with E-state index < -0.39 is 102 Å². The SMILES string of the molecule is CC[C@H]1OC(=O)[C@H](C)[C@@H](O[C@H]2C[C@@](C)(OC)[C@@H](O)[C@H](C)O2)[C@@H](C)[C@@H](O[C@@H]2O[C@H](C)C[C@H](N(C)C)[C@H]2O)[C@](C)(O)C[C@@H](C)C(=O)[C@H](C)[C@@H](O)[C@H]1C.O.O. The standard InChI is InChI=1S/C37H67NO12.2H2O/c1-14-26-20(4)29(40)21(5)28(39)18(2)16-36(9,44)33(50-35-30(41)25(38(11)12)15-19(3)46-35)22(6)31(23(7)34(43)48-26)49-27-17-37(10,45-13)32(42)24(8)47-27;;/h18-27,29-33,35,40-42,44H,14-17H2,1-13H3;2*1H2/t18-,19-,20+,21+,22-,23-,24+,25+,26-,27+,29+,30-,31+,32+,33-,35+,36-,37-;;/m1../s1. The Morgan fingerprint density at radius 3 is 2.00 bits per heavy atom. The number of aliphatic hydroxyl groups is 4. The van der Waals surface area contributed by atoms with Gasteiger partial charge in [0.15, 0.2) is 12.6 Å². The third kappa shape index (κ3) is 10.7. The molecule has 15 heteroatoms. The van der Waals surface area contributed by atoms with Crippen LogP contribution >= 0.6 is 0 Å². The van der Waals surface area contributed by atoms with Crippen LogP contribution < -0.4 is 0 Å². The second-order valence-corrected chi connectivity index (χ2v) is 16.2. The Kier molecular flexibility index (Phi) is 18.3. The van der Waals surface area contributed by atoms with Crippen molar-refractivity contribution in [2.24, 2.45) is 29.6 Å². The third-order valence-corrected chi connectivity index (χ3v) is 11.8. The first-order valence-electron chi connectivity index (χ1n) is 18.4. The molecule has 0 radical (unpaired) electrons. The second-order valence-electron chi connectivity index (χ2n) is 16.2. The van der Waals surface area contributed by atoms with Gasteiger partial charge in [0.1, 0.15) is 24.1 Å². The molecule has 3 heterocycles. The molecule has 18 atom stereocenters. The van der Waals surface area contributed by atoms with Gasteiger partial charge >= 0.3 is 5.97 Å². The fourth-order valence-electron chi connectivity index (χ4n) is 8.36. The van der Waals surface area contributed by atoms with Crippen LogP contribution in [0.15, 0.2) is 0 Å². The molecule has 3 fully saturated rings. The minimum absolute atomic E-state index is 0. The molecule has 0 aromatic heterocycles. The minimum Gasteiger partial charge on any atom is -0.462 e. The Morgan fingerprint density at radius 2 is 1.46 bits per heavy atom. The van der Waals surface area contributed by atoms with Crippen LogP contribution in [0.2, 0.25) is 0 Å². The zero-order chi connectivity index (χ0) is 38.0. The lowest BCUT2D eigenvalue weighted by Crippen LogP contribution is -2.60. The van der Waals surface area contributed by atoms with Gasteiger partial charge in [-0.1, -0.05) is 34.6 Å². The average Bonchev–Trinajstić information content (AvgIpc) is 3.05. The summed E-state index contributed by atoms with van der Waals surface area (Å²) in [5.74, 6) is -4.59. The van der Waals surface area contributed by atoms with Gasteiger partial charge in [-0.15, -0.1) is 0 Å². The number of aliphatic hydroxyl groups excluding tert-OH is 3. The normalized spacial score (nSPS) is 47.1. The molecule has 0 spiro atoms. The molecule has 0 unspecified atom stereocenters. The summed E-state index contributed by atoms with van der Waals surface area (Å²) >= 11 is 0. The number of hydrogen-bond donors (Lipinski definition) is 4. The van der Waals surface area contributed by atoms with Crippen molar-refractivity contribution in [3.05, 3.63) is 0 Å². The lowest BCUT2D eigenvalue weighted by Gasteiger charge is -2.49. The first-order chi connectivity index (χ1) is 23.1. The number of cyclic esters (lactones) is 1. The monoisotopic (exact) mass is 753 g/mol. The van der Waals surface area contributed by atoms with Crippen LogP contribution in [0.1, 0.15) is 94.9 Å². The van der Waals surface area contributed by atoms with Gasteiger partial charge in [0.2, 0.25) is 0 Å². The fourth-order valence-corrected chi connectivity index (χ4v) is 8.36. The van der Waals surface area contributed by atoms with Crippen molar-refractivity contribution >= 4 is 11.8 Å². The number of carbonyl (C=O) groups excluding carboxylic acids is 2. The Bertz CT molecular complexity index is 1130. The highest BCUT2D eigenvalue weighted by molar-refractivity contribution is 5.83. The Balaban J connectivity index is 0.00000676. The van der Waals surface area contributed by atoms with Crippen LogP contribution in [0.4, 0.5) is 0 Å². The molecule has 3 aliphatic heterocycles. The number of Topliss-reactive ketones (excluding diaryl/α,β-unsaturated/α-hetero) is 1. The molecule has 0 aliphatic carbocycles. The number of methoxy groups -OCH3 is 1. The van der Waals surface area contributed by atoms with Gasteiger partial charge in [0.25, 0.3) is 0 Å². The summed E-state index contributed by atoms with van der Waals surface area (Å²) in [5, 5.41) is 46.0. The summed E-state index contributed by atoms with van der Waals surface area (Å²) < 4.78 is 37.3. The summed E-state index contributed by atoms with van der Waals surface area (Å²) in [6, 6.07) is -0.297. The van der Waals surface area contributed by atoms with E-state index in [1.54, 1.807) is 55.4 Å². The molecule has 0 saturated carbocycles. The van der Waals surface area contributed by atoms with Gasteiger partial charge in [-0.05, 0) is 68.0 Å². The molecule has 52 heavy (non-hydrogen) atoms. The van der Waals surface area contributed by atoms with Crippen molar-refractivity contribution in [2.75, 3.05) is 21.2 Å². The van der Waals surface area contributed by atoms with Crippen molar-refractivity contribution in [3.63, 3.8) is 0 Å². The predicted octanol–water partition coefficient (Wildman–Crippen LogP) is 1.02. The Hall–Kier alpha value is -1.34. The maximum Gasteiger partial charge on any atom is 0.311 e. The van der Waals surface area contributed by atoms with Gasteiger partial charge in [-0.2, -0.15) is 0 Å². The molecule has 8 N–H and O–H groups in total. The van der Waals surface area contributed by atoms with E-state index in [0.717, 1.165) is 0 Å². The highest BCUT2D eigenvalue weighted by Crippen LogP contribution is 2.40. The molecule has 308 valence electrons. The maximum atomic E-state index is 14.0. The van der Waals surface area contributed by atoms with Crippen molar-refractivity contribution in [1.82, 2.24) is 4.90 Å². The van der Waals surface area contributed by atoms with Crippen molar-refractivity contribution in [3.8, 4) is 0 Å². The lowest BCUT2D eigenvalue weighted by atomic mass is 9.74. The number of hydrogen-bond acceptors (Lipinski definition) is 13. The number of nitrogens with zero attached hydrogens (tertiary/aromatic N) is 1. The molecular formula is C37H71NO14. The first kappa shape index (κ1) is 48.7. The van der Waals surface area contributed by atoms with Crippen molar-refractivity contribution in [2.45, 2.75) is 174 Å². The highest BCUT2D eigenvalue weighted by Gasteiger charge is 2.52. The quantitative estimate of drug-likeness (QED) is 0.266. The number of likely N-dealkylation sites (N-methyl/N-ethyl adjacent to an activating group) is 1. The van der Waals surface area contributed by atoms with Crippen LogP contribution in [0.25, 0.3) is 0 Å². The predicted molar refractivity (Wildman–Crippen MR) is 192 cm³/mol. The van der Waals surface area contributed by atoms with E-state index in [4.69, 9.17) is 28.4 Å². The van der Waals surface area contributed by atoms with Crippen molar-refractivity contribution < 1.29 is 69.4 Å². The zero-order valence-electron chi connectivity index (χ0n) is 33.6. The minimum atomic E-state index is -1.72. The molecule has 0 bridgehead atoms. The van der Waals surface area contributed by atoms with E-state index in [1.807, 2.05) is 32.8 Å². The van der Waals surface area contributed by atoms with Gasteiger partial charge in [-0.25, -0.2) is 0 Å². The third-order valence-electron chi connectivity index (χ3n) is 11.8. The molecule has 3 saturated heterocycles. The van der Waals surface area contributed by atoms with Gasteiger partial charge in [0, 0.05) is 43.2 Å². The Morgan fingerprint density at radius 1 is 0.865 bits per heavy atom. The van der Waals surface area contributed by atoms with E-state index >= 15 is 0 Å². The summed E-state index contributed by atoms with van der Waals surface area (Å²) in [7, 11) is 5.23. The van der Waals surface area contributed by atoms with Crippen LogP contribution in [-0.2, 0) is 38.0 Å². The smallest absolute Gasteiger partial charge is 0.311 e. The Labute approximate surface area is 310 Å².